The number of alkyl halides is 1. The molecular formula is C10H22ClNS. The first-order chi connectivity index (χ1) is 6.18. The van der Waals surface area contributed by atoms with Crippen molar-refractivity contribution in [2.45, 2.75) is 39.2 Å². The zero-order valence-electron chi connectivity index (χ0n) is 9.03. The molecule has 0 aliphatic rings. The van der Waals surface area contributed by atoms with Crippen LogP contribution in [0.4, 0.5) is 0 Å². The van der Waals surface area contributed by atoms with Gasteiger partial charge in [0.25, 0.3) is 0 Å². The molecule has 0 rings (SSSR count). The molecule has 0 heterocycles. The summed E-state index contributed by atoms with van der Waals surface area (Å²) in [6.07, 6.45) is 2.34. The van der Waals surface area contributed by atoms with E-state index < -0.39 is 0 Å². The Kier molecular flexibility index (Phi) is 8.32. The molecule has 1 atom stereocenters. The van der Waals surface area contributed by atoms with Crippen molar-refractivity contribution in [1.29, 1.82) is 0 Å². The molecule has 0 aromatic carbocycles. The van der Waals surface area contributed by atoms with E-state index in [1.165, 1.54) is 17.9 Å². The summed E-state index contributed by atoms with van der Waals surface area (Å²) in [5, 5.41) is 3.51. The van der Waals surface area contributed by atoms with Crippen molar-refractivity contribution >= 4 is 23.4 Å². The predicted molar refractivity (Wildman–Crippen MR) is 65.0 cm³/mol. The fourth-order valence-electron chi connectivity index (χ4n) is 0.975. The highest BCUT2D eigenvalue weighted by molar-refractivity contribution is 7.99. The number of rotatable bonds is 8. The van der Waals surface area contributed by atoms with E-state index in [1.54, 1.807) is 0 Å². The molecule has 1 unspecified atom stereocenters. The second kappa shape index (κ2) is 7.95. The Morgan fingerprint density at radius 3 is 2.54 bits per heavy atom. The summed E-state index contributed by atoms with van der Waals surface area (Å²) < 4.78 is 0. The monoisotopic (exact) mass is 223 g/mol. The van der Waals surface area contributed by atoms with Crippen LogP contribution in [-0.4, -0.2) is 29.5 Å². The average molecular weight is 224 g/mol. The van der Waals surface area contributed by atoms with Gasteiger partial charge < -0.3 is 5.32 Å². The van der Waals surface area contributed by atoms with Gasteiger partial charge in [-0.05, 0) is 37.8 Å². The van der Waals surface area contributed by atoms with Crippen LogP contribution in [0.3, 0.4) is 0 Å². The lowest BCUT2D eigenvalue weighted by Crippen LogP contribution is -2.44. The normalized spacial score (nSPS) is 15.7. The summed E-state index contributed by atoms with van der Waals surface area (Å²) >= 11 is 7.88. The first kappa shape index (κ1) is 13.6. The van der Waals surface area contributed by atoms with Gasteiger partial charge in [0.2, 0.25) is 0 Å². The Bertz CT molecular complexity index is 115. The summed E-state index contributed by atoms with van der Waals surface area (Å²) in [5.41, 5.74) is 0.137. The molecule has 0 aliphatic heterocycles. The van der Waals surface area contributed by atoms with Gasteiger partial charge in [-0.3, -0.25) is 0 Å². The van der Waals surface area contributed by atoms with Crippen molar-refractivity contribution in [1.82, 2.24) is 5.32 Å². The first-order valence-electron chi connectivity index (χ1n) is 5.07. The van der Waals surface area contributed by atoms with Gasteiger partial charge in [0, 0.05) is 11.4 Å². The van der Waals surface area contributed by atoms with Crippen molar-refractivity contribution in [3.8, 4) is 0 Å². The molecule has 0 amide bonds. The Balaban J connectivity index is 3.39. The largest absolute Gasteiger partial charge is 0.310 e. The summed E-state index contributed by atoms with van der Waals surface area (Å²) in [6.45, 7) is 7.65. The number of hydrogen-bond acceptors (Lipinski definition) is 2. The summed E-state index contributed by atoms with van der Waals surface area (Å²) in [6, 6.07) is 0. The van der Waals surface area contributed by atoms with E-state index in [1.807, 2.05) is 11.8 Å². The molecule has 0 radical (unpaired) electrons. The second-order valence-electron chi connectivity index (χ2n) is 3.53. The zero-order chi connectivity index (χ0) is 10.2. The van der Waals surface area contributed by atoms with E-state index in [9.17, 15) is 0 Å². The van der Waals surface area contributed by atoms with Gasteiger partial charge in [-0.1, -0.05) is 13.8 Å². The van der Waals surface area contributed by atoms with E-state index in [4.69, 9.17) is 11.6 Å². The maximum atomic E-state index is 5.88. The van der Waals surface area contributed by atoms with Crippen molar-refractivity contribution < 1.29 is 0 Å². The molecule has 0 bridgehead atoms. The lowest BCUT2D eigenvalue weighted by atomic mass is 10.0. The molecule has 80 valence electrons. The predicted octanol–water partition coefficient (Wildman–Crippen LogP) is 3.13. The zero-order valence-corrected chi connectivity index (χ0v) is 10.6. The van der Waals surface area contributed by atoms with E-state index in [2.05, 4.69) is 26.1 Å². The van der Waals surface area contributed by atoms with Crippen LogP contribution in [0, 0.1) is 0 Å². The van der Waals surface area contributed by atoms with E-state index >= 15 is 0 Å². The van der Waals surface area contributed by atoms with Crippen molar-refractivity contribution in [3.63, 3.8) is 0 Å². The minimum absolute atomic E-state index is 0.137. The Morgan fingerprint density at radius 2 is 2.08 bits per heavy atom. The highest BCUT2D eigenvalue weighted by atomic mass is 35.5. The van der Waals surface area contributed by atoms with Crippen LogP contribution in [0.25, 0.3) is 0 Å². The smallest absolute Gasteiger partial charge is 0.0403 e. The third-order valence-corrected chi connectivity index (χ3v) is 3.87. The topological polar surface area (TPSA) is 12.0 Å². The maximum Gasteiger partial charge on any atom is 0.0403 e. The van der Waals surface area contributed by atoms with Gasteiger partial charge in [0.05, 0.1) is 0 Å². The number of halogens is 1. The van der Waals surface area contributed by atoms with Crippen LogP contribution in [0.5, 0.6) is 0 Å². The number of nitrogens with one attached hydrogen (secondary N) is 1. The maximum absolute atomic E-state index is 5.88. The van der Waals surface area contributed by atoms with Gasteiger partial charge in [0.1, 0.15) is 0 Å². The summed E-state index contributed by atoms with van der Waals surface area (Å²) in [4.78, 5) is 0. The van der Waals surface area contributed by atoms with E-state index in [0.29, 0.717) is 5.88 Å². The molecule has 1 N–H and O–H groups in total. The van der Waals surface area contributed by atoms with Crippen LogP contribution in [0.15, 0.2) is 0 Å². The fraction of sp³-hybridized carbons (Fsp3) is 1.00. The van der Waals surface area contributed by atoms with Crippen LogP contribution in [0.1, 0.15) is 33.6 Å². The SMILES string of the molecule is CCSCCCNC(C)(CC)CCl. The number of thioether (sulfide) groups is 1. The Labute approximate surface area is 92.0 Å². The summed E-state index contributed by atoms with van der Waals surface area (Å²) in [5.74, 6) is 3.18. The molecule has 0 aliphatic carbocycles. The third-order valence-electron chi connectivity index (χ3n) is 2.30. The van der Waals surface area contributed by atoms with Crippen molar-refractivity contribution in [2.75, 3.05) is 23.9 Å². The molecule has 1 nitrogen and oxygen atoms in total. The second-order valence-corrected chi connectivity index (χ2v) is 5.19. The number of hydrogen-bond donors (Lipinski definition) is 1. The lowest BCUT2D eigenvalue weighted by molar-refractivity contribution is 0.383. The lowest BCUT2D eigenvalue weighted by Gasteiger charge is -2.27. The van der Waals surface area contributed by atoms with Crippen molar-refractivity contribution in [3.05, 3.63) is 0 Å². The quantitative estimate of drug-likeness (QED) is 0.501. The van der Waals surface area contributed by atoms with Crippen LogP contribution in [-0.2, 0) is 0 Å². The third kappa shape index (κ3) is 6.64. The highest BCUT2D eigenvalue weighted by Crippen LogP contribution is 2.11. The van der Waals surface area contributed by atoms with Gasteiger partial charge >= 0.3 is 0 Å². The molecule has 0 aromatic heterocycles. The van der Waals surface area contributed by atoms with Crippen LogP contribution >= 0.6 is 23.4 Å². The molecule has 0 aromatic rings. The Hall–Kier alpha value is 0.600. The van der Waals surface area contributed by atoms with Gasteiger partial charge in [-0.15, -0.1) is 11.6 Å². The molecule has 0 saturated carbocycles. The molecule has 13 heavy (non-hydrogen) atoms. The standard InChI is InChI=1S/C10H22ClNS/c1-4-10(3,9-11)12-7-6-8-13-5-2/h12H,4-9H2,1-3H3. The van der Waals surface area contributed by atoms with E-state index in [-0.39, 0.29) is 5.54 Å². The molecule has 0 fully saturated rings. The molecular weight excluding hydrogens is 202 g/mol. The molecule has 0 saturated heterocycles. The molecule has 0 spiro atoms. The first-order valence-corrected chi connectivity index (χ1v) is 6.76. The van der Waals surface area contributed by atoms with Gasteiger partial charge in [-0.2, -0.15) is 11.8 Å². The highest BCUT2D eigenvalue weighted by Gasteiger charge is 2.18. The molecule has 3 heteroatoms. The van der Waals surface area contributed by atoms with Gasteiger partial charge in [-0.25, -0.2) is 0 Å². The van der Waals surface area contributed by atoms with E-state index in [0.717, 1.165) is 13.0 Å². The van der Waals surface area contributed by atoms with Gasteiger partial charge in [0.15, 0.2) is 0 Å². The van der Waals surface area contributed by atoms with Crippen LogP contribution in [0.2, 0.25) is 0 Å². The summed E-state index contributed by atoms with van der Waals surface area (Å²) in [7, 11) is 0. The fourth-order valence-corrected chi connectivity index (χ4v) is 1.90. The van der Waals surface area contributed by atoms with Crippen molar-refractivity contribution in [2.24, 2.45) is 0 Å². The Morgan fingerprint density at radius 1 is 1.38 bits per heavy atom. The average Bonchev–Trinajstić information content (AvgIpc) is 2.17. The van der Waals surface area contributed by atoms with Crippen LogP contribution < -0.4 is 5.32 Å². The minimum atomic E-state index is 0.137. The minimum Gasteiger partial charge on any atom is -0.310 e.